The second-order valence-corrected chi connectivity index (χ2v) is 7.56. The van der Waals surface area contributed by atoms with Crippen molar-refractivity contribution in [2.45, 2.75) is 12.8 Å². The summed E-state index contributed by atoms with van der Waals surface area (Å²) in [5, 5.41) is 0.626. The highest BCUT2D eigenvalue weighted by molar-refractivity contribution is 6.32. The Morgan fingerprint density at radius 1 is 0.967 bits per heavy atom. The molecule has 0 atom stereocenters. The molecule has 2 aromatic carbocycles. The van der Waals surface area contributed by atoms with Crippen molar-refractivity contribution in [1.82, 2.24) is 9.80 Å². The van der Waals surface area contributed by atoms with E-state index in [4.69, 9.17) is 25.8 Å². The van der Waals surface area contributed by atoms with E-state index in [0.29, 0.717) is 41.7 Å². The topological polar surface area (TPSA) is 51.2 Å². The molecule has 1 fully saturated rings. The quantitative estimate of drug-likeness (QED) is 0.607. The molecule has 7 heteroatoms. The third kappa shape index (κ3) is 5.80. The number of ether oxygens (including phenoxy) is 3. The van der Waals surface area contributed by atoms with E-state index in [1.165, 1.54) is 0 Å². The summed E-state index contributed by atoms with van der Waals surface area (Å²) in [5.74, 6) is 2.28. The predicted octanol–water partition coefficient (Wildman–Crippen LogP) is 3.51. The third-order valence-corrected chi connectivity index (χ3v) is 5.63. The Kier molecular flexibility index (Phi) is 8.22. The number of hydrogen-bond donors (Lipinski definition) is 0. The number of carbonyl (C=O) groups is 1. The zero-order chi connectivity index (χ0) is 21.3. The van der Waals surface area contributed by atoms with Gasteiger partial charge < -0.3 is 19.1 Å². The molecule has 0 N–H and O–H groups in total. The zero-order valence-electron chi connectivity index (χ0n) is 17.6. The van der Waals surface area contributed by atoms with Gasteiger partial charge in [0.2, 0.25) is 5.91 Å². The Morgan fingerprint density at radius 2 is 1.70 bits per heavy atom. The number of benzene rings is 2. The van der Waals surface area contributed by atoms with Crippen molar-refractivity contribution in [3.8, 4) is 17.2 Å². The summed E-state index contributed by atoms with van der Waals surface area (Å²) in [7, 11) is 3.24. The molecule has 0 saturated carbocycles. The van der Waals surface area contributed by atoms with Crippen LogP contribution in [0.2, 0.25) is 5.02 Å². The molecule has 1 amide bonds. The molecule has 0 aliphatic carbocycles. The first-order valence-corrected chi connectivity index (χ1v) is 10.6. The summed E-state index contributed by atoms with van der Waals surface area (Å²) in [6.45, 7) is 4.56. The number of aryl methyl sites for hydroxylation is 1. The number of halogens is 1. The minimum absolute atomic E-state index is 0.173. The van der Waals surface area contributed by atoms with Crippen LogP contribution in [0.3, 0.4) is 0 Å². The maximum atomic E-state index is 12.7. The van der Waals surface area contributed by atoms with Gasteiger partial charge in [-0.25, -0.2) is 0 Å². The summed E-state index contributed by atoms with van der Waals surface area (Å²) in [5.41, 5.74) is 0.987. The van der Waals surface area contributed by atoms with E-state index in [9.17, 15) is 4.79 Å². The molecule has 1 heterocycles. The molecule has 0 spiro atoms. The van der Waals surface area contributed by atoms with E-state index in [0.717, 1.165) is 38.3 Å². The van der Waals surface area contributed by atoms with Crippen molar-refractivity contribution < 1.29 is 19.0 Å². The van der Waals surface area contributed by atoms with Crippen LogP contribution < -0.4 is 14.2 Å². The van der Waals surface area contributed by atoms with Crippen LogP contribution in [-0.4, -0.2) is 69.3 Å². The highest BCUT2D eigenvalue weighted by Crippen LogP contribution is 2.31. The Bertz CT molecular complexity index is 838. The van der Waals surface area contributed by atoms with Crippen LogP contribution >= 0.6 is 11.6 Å². The SMILES string of the molecule is COc1cccc(CCC(=O)N2CCN(CCOc3ccccc3Cl)CC2)c1OC. The third-order valence-electron chi connectivity index (χ3n) is 5.32. The standard InChI is InChI=1S/C23H29ClN2O4/c1-28-21-9-5-6-18(23(21)29-2)10-11-22(27)26-14-12-25(13-15-26)16-17-30-20-8-4-3-7-19(20)24/h3-9H,10-17H2,1-2H3. The van der Waals surface area contributed by atoms with Crippen LogP contribution in [0.1, 0.15) is 12.0 Å². The number of nitrogens with zero attached hydrogens (tertiary/aromatic N) is 2. The molecule has 6 nitrogen and oxygen atoms in total. The summed E-state index contributed by atoms with van der Waals surface area (Å²) in [4.78, 5) is 16.9. The molecule has 30 heavy (non-hydrogen) atoms. The number of amides is 1. The van der Waals surface area contributed by atoms with Crippen LogP contribution in [0.25, 0.3) is 0 Å². The normalized spacial score (nSPS) is 14.4. The van der Waals surface area contributed by atoms with Crippen molar-refractivity contribution >= 4 is 17.5 Å². The van der Waals surface area contributed by atoms with Crippen molar-refractivity contribution in [2.75, 3.05) is 53.6 Å². The molecule has 0 radical (unpaired) electrons. The molecule has 0 bridgehead atoms. The summed E-state index contributed by atoms with van der Waals surface area (Å²) >= 11 is 6.11. The number of para-hydroxylation sites is 2. The van der Waals surface area contributed by atoms with Gasteiger partial charge in [-0.3, -0.25) is 9.69 Å². The Labute approximate surface area is 183 Å². The van der Waals surface area contributed by atoms with E-state index in [-0.39, 0.29) is 5.91 Å². The van der Waals surface area contributed by atoms with E-state index in [1.54, 1.807) is 14.2 Å². The number of piperazine rings is 1. The molecule has 162 valence electrons. The molecule has 0 aromatic heterocycles. The fourth-order valence-electron chi connectivity index (χ4n) is 3.62. The Hall–Kier alpha value is -2.44. The fourth-order valence-corrected chi connectivity index (χ4v) is 3.81. The van der Waals surface area contributed by atoms with Crippen molar-refractivity contribution in [3.05, 3.63) is 53.1 Å². The Morgan fingerprint density at radius 3 is 2.40 bits per heavy atom. The molecule has 1 aliphatic heterocycles. The maximum Gasteiger partial charge on any atom is 0.222 e. The van der Waals surface area contributed by atoms with Gasteiger partial charge in [-0.1, -0.05) is 35.9 Å². The summed E-state index contributed by atoms with van der Waals surface area (Å²) in [6, 6.07) is 13.2. The molecular weight excluding hydrogens is 404 g/mol. The van der Waals surface area contributed by atoms with Crippen LogP contribution in [-0.2, 0) is 11.2 Å². The van der Waals surface area contributed by atoms with Gasteiger partial charge >= 0.3 is 0 Å². The maximum absolute atomic E-state index is 12.7. The van der Waals surface area contributed by atoms with Gasteiger partial charge in [0, 0.05) is 39.1 Å². The second kappa shape index (κ2) is 11.1. The monoisotopic (exact) mass is 432 g/mol. The van der Waals surface area contributed by atoms with Crippen LogP contribution in [0, 0.1) is 0 Å². The molecular formula is C23H29ClN2O4. The van der Waals surface area contributed by atoms with Crippen LogP contribution in [0.5, 0.6) is 17.2 Å². The number of hydrogen-bond acceptors (Lipinski definition) is 5. The van der Waals surface area contributed by atoms with Crippen molar-refractivity contribution in [3.63, 3.8) is 0 Å². The lowest BCUT2D eigenvalue weighted by molar-refractivity contribution is -0.132. The molecule has 0 unspecified atom stereocenters. The second-order valence-electron chi connectivity index (χ2n) is 7.15. The first-order valence-electron chi connectivity index (χ1n) is 10.2. The first kappa shape index (κ1) is 22.2. The lowest BCUT2D eigenvalue weighted by Crippen LogP contribution is -2.49. The van der Waals surface area contributed by atoms with Gasteiger partial charge in [-0.2, -0.15) is 0 Å². The largest absolute Gasteiger partial charge is 0.493 e. The minimum Gasteiger partial charge on any atom is -0.493 e. The highest BCUT2D eigenvalue weighted by Gasteiger charge is 2.21. The van der Waals surface area contributed by atoms with Crippen molar-refractivity contribution in [1.29, 1.82) is 0 Å². The van der Waals surface area contributed by atoms with Crippen molar-refractivity contribution in [2.24, 2.45) is 0 Å². The number of carbonyl (C=O) groups excluding carboxylic acids is 1. The molecule has 2 aromatic rings. The average Bonchev–Trinajstić information content (AvgIpc) is 2.78. The first-order chi connectivity index (χ1) is 14.6. The fraction of sp³-hybridized carbons (Fsp3) is 0.435. The lowest BCUT2D eigenvalue weighted by Gasteiger charge is -2.34. The molecule has 3 rings (SSSR count). The summed E-state index contributed by atoms with van der Waals surface area (Å²) < 4.78 is 16.6. The molecule has 1 saturated heterocycles. The smallest absolute Gasteiger partial charge is 0.222 e. The highest BCUT2D eigenvalue weighted by atomic mass is 35.5. The Balaban J connectivity index is 1.41. The number of rotatable bonds is 9. The van der Waals surface area contributed by atoms with Gasteiger partial charge in [0.05, 0.1) is 19.2 Å². The van der Waals surface area contributed by atoms with Gasteiger partial charge in [0.15, 0.2) is 11.5 Å². The minimum atomic E-state index is 0.173. The number of methoxy groups -OCH3 is 2. The van der Waals surface area contributed by atoms with Crippen LogP contribution in [0.4, 0.5) is 0 Å². The van der Waals surface area contributed by atoms with Gasteiger partial charge in [-0.05, 0) is 30.2 Å². The summed E-state index contributed by atoms with van der Waals surface area (Å²) in [6.07, 6.45) is 1.09. The average molecular weight is 433 g/mol. The van der Waals surface area contributed by atoms with Crippen LogP contribution in [0.15, 0.2) is 42.5 Å². The van der Waals surface area contributed by atoms with Gasteiger partial charge in [0.25, 0.3) is 0 Å². The molecule has 1 aliphatic rings. The van der Waals surface area contributed by atoms with E-state index < -0.39 is 0 Å². The van der Waals surface area contributed by atoms with E-state index in [2.05, 4.69) is 4.90 Å². The predicted molar refractivity (Wildman–Crippen MR) is 118 cm³/mol. The van der Waals surface area contributed by atoms with E-state index in [1.807, 2.05) is 47.4 Å². The lowest BCUT2D eigenvalue weighted by atomic mass is 10.1. The van der Waals surface area contributed by atoms with Gasteiger partial charge in [-0.15, -0.1) is 0 Å². The zero-order valence-corrected chi connectivity index (χ0v) is 18.4. The van der Waals surface area contributed by atoms with Gasteiger partial charge in [0.1, 0.15) is 12.4 Å². The van der Waals surface area contributed by atoms with E-state index >= 15 is 0 Å².